The van der Waals surface area contributed by atoms with Crippen LogP contribution in [-0.2, 0) is 17.5 Å². The van der Waals surface area contributed by atoms with Gasteiger partial charge in [0.15, 0.2) is 11.3 Å². The van der Waals surface area contributed by atoms with Gasteiger partial charge in [0, 0.05) is 11.8 Å². The first-order valence-corrected chi connectivity index (χ1v) is 8.67. The maximum Gasteiger partial charge on any atom is 0.435 e. The summed E-state index contributed by atoms with van der Waals surface area (Å²) in [5.41, 5.74) is 3.03. The second-order valence-electron chi connectivity index (χ2n) is 7.05. The van der Waals surface area contributed by atoms with E-state index in [9.17, 15) is 27.2 Å². The van der Waals surface area contributed by atoms with Gasteiger partial charge >= 0.3 is 6.18 Å². The number of nitrogens with zero attached hydrogens (tertiary/aromatic N) is 3. The summed E-state index contributed by atoms with van der Waals surface area (Å²) in [6, 6.07) is 7.23. The van der Waals surface area contributed by atoms with Gasteiger partial charge < -0.3 is 5.73 Å². The summed E-state index contributed by atoms with van der Waals surface area (Å²) in [6.07, 6.45) is -2.51. The van der Waals surface area contributed by atoms with E-state index >= 15 is 0 Å². The molecule has 1 aliphatic rings. The zero-order valence-corrected chi connectivity index (χ0v) is 14.8. The van der Waals surface area contributed by atoms with Gasteiger partial charge in [-0.1, -0.05) is 0 Å². The molecular formula is C19H14F5N5. The van der Waals surface area contributed by atoms with Crippen LogP contribution in [-0.4, -0.2) is 21.7 Å². The number of nitrogens with one attached hydrogen (secondary N) is 1. The van der Waals surface area contributed by atoms with Gasteiger partial charge in [-0.2, -0.15) is 32.3 Å². The predicted octanol–water partition coefficient (Wildman–Crippen LogP) is 4.25. The molecule has 0 atom stereocenters. The minimum Gasteiger partial charge on any atom is -0.325 e. The van der Waals surface area contributed by atoms with Crippen LogP contribution in [0.2, 0.25) is 0 Å². The molecule has 0 aliphatic heterocycles. The number of hydrogen-bond donors (Lipinski definition) is 2. The quantitative estimate of drug-likeness (QED) is 0.633. The molecule has 0 unspecified atom stereocenters. The number of alkyl halides is 5. The minimum atomic E-state index is -4.76. The Bertz CT molecular complexity index is 1140. The van der Waals surface area contributed by atoms with Crippen molar-refractivity contribution in [1.82, 2.24) is 15.2 Å². The van der Waals surface area contributed by atoms with Crippen LogP contribution < -0.4 is 5.73 Å². The average Bonchev–Trinajstić information content (AvgIpc) is 3.37. The molecule has 1 fully saturated rings. The molecule has 3 aromatic rings. The van der Waals surface area contributed by atoms with E-state index in [1.165, 1.54) is 24.4 Å². The molecule has 10 heteroatoms. The smallest absolute Gasteiger partial charge is 0.325 e. The first kappa shape index (κ1) is 19.3. The standard InChI is InChI=1S/C19H14F5N5/c20-18(21,9-26)12-6-10(5-11(7-12)17(8-25)2-3-17)13-1-4-27-16-14(13)15(28-29-16)19(22,23)24/h1,4-7H,2-3,9,26H2,(H,27,28,29). The molecule has 1 aromatic carbocycles. The summed E-state index contributed by atoms with van der Waals surface area (Å²) >= 11 is 0. The molecule has 0 spiro atoms. The fourth-order valence-corrected chi connectivity index (χ4v) is 3.38. The van der Waals surface area contributed by atoms with Gasteiger partial charge in [0.1, 0.15) is 0 Å². The lowest BCUT2D eigenvalue weighted by molar-refractivity contribution is -0.139. The Labute approximate surface area is 161 Å². The van der Waals surface area contributed by atoms with Crippen LogP contribution in [0.4, 0.5) is 22.0 Å². The van der Waals surface area contributed by atoms with Crippen LogP contribution in [0.15, 0.2) is 30.5 Å². The van der Waals surface area contributed by atoms with Crippen LogP contribution in [0, 0.1) is 11.3 Å². The number of hydrogen-bond acceptors (Lipinski definition) is 4. The second kappa shape index (κ2) is 6.22. The highest BCUT2D eigenvalue weighted by Gasteiger charge is 2.46. The lowest BCUT2D eigenvalue weighted by Gasteiger charge is -2.19. The van der Waals surface area contributed by atoms with Gasteiger partial charge in [0.05, 0.1) is 23.4 Å². The molecule has 0 bridgehead atoms. The predicted molar refractivity (Wildman–Crippen MR) is 93.8 cm³/mol. The molecule has 4 rings (SSSR count). The summed E-state index contributed by atoms with van der Waals surface area (Å²) in [5, 5.41) is 14.7. The summed E-state index contributed by atoms with van der Waals surface area (Å²) in [5.74, 6) is -3.40. The number of fused-ring (bicyclic) bond motifs is 1. The van der Waals surface area contributed by atoms with Crippen molar-refractivity contribution >= 4 is 11.0 Å². The Balaban J connectivity index is 2.01. The number of nitriles is 1. The molecule has 5 nitrogen and oxygen atoms in total. The Hall–Kier alpha value is -3.06. The van der Waals surface area contributed by atoms with Crippen molar-refractivity contribution in [3.8, 4) is 17.2 Å². The number of H-pyrrole nitrogens is 1. The zero-order chi connectivity index (χ0) is 21.0. The molecule has 1 aliphatic carbocycles. The number of benzene rings is 1. The molecule has 2 aromatic heterocycles. The summed E-state index contributed by atoms with van der Waals surface area (Å²) in [6.45, 7) is -0.972. The van der Waals surface area contributed by atoms with E-state index < -0.39 is 35.3 Å². The third kappa shape index (κ3) is 3.11. The third-order valence-corrected chi connectivity index (χ3v) is 5.17. The van der Waals surface area contributed by atoms with Crippen LogP contribution >= 0.6 is 0 Å². The average molecular weight is 407 g/mol. The van der Waals surface area contributed by atoms with E-state index in [1.807, 2.05) is 0 Å². The molecule has 29 heavy (non-hydrogen) atoms. The van der Waals surface area contributed by atoms with Crippen LogP contribution in [0.25, 0.3) is 22.2 Å². The first-order valence-electron chi connectivity index (χ1n) is 8.67. The lowest BCUT2D eigenvalue weighted by atomic mass is 9.89. The topological polar surface area (TPSA) is 91.4 Å². The number of rotatable bonds is 4. The SMILES string of the molecule is N#CC1(c2cc(-c3ccnc4[nH]nc(C(F)(F)F)c34)cc(C(F)(F)CN)c2)CC1. The van der Waals surface area contributed by atoms with Crippen LogP contribution in [0.1, 0.15) is 29.7 Å². The van der Waals surface area contributed by atoms with Gasteiger partial charge in [0.2, 0.25) is 0 Å². The van der Waals surface area contributed by atoms with Crippen LogP contribution in [0.3, 0.4) is 0 Å². The first-order chi connectivity index (χ1) is 13.6. The fraction of sp³-hybridized carbons (Fsp3) is 0.316. The van der Waals surface area contributed by atoms with Gasteiger partial charge in [-0.15, -0.1) is 0 Å². The normalized spacial score (nSPS) is 16.0. The van der Waals surface area contributed by atoms with Crippen molar-refractivity contribution in [2.45, 2.75) is 30.4 Å². The fourth-order valence-electron chi connectivity index (χ4n) is 3.38. The number of pyridine rings is 1. The number of halogens is 5. The monoisotopic (exact) mass is 407 g/mol. The highest BCUT2D eigenvalue weighted by molar-refractivity contribution is 5.95. The summed E-state index contributed by atoms with van der Waals surface area (Å²) in [4.78, 5) is 3.85. The maximum atomic E-state index is 14.4. The molecule has 0 saturated heterocycles. The Kier molecular flexibility index (Phi) is 4.13. The maximum absolute atomic E-state index is 14.4. The van der Waals surface area contributed by atoms with E-state index in [0.717, 1.165) is 6.07 Å². The van der Waals surface area contributed by atoms with E-state index in [0.29, 0.717) is 18.4 Å². The van der Waals surface area contributed by atoms with Crippen molar-refractivity contribution in [3.05, 3.63) is 47.3 Å². The highest BCUT2D eigenvalue weighted by atomic mass is 19.4. The molecule has 2 heterocycles. The second-order valence-corrected chi connectivity index (χ2v) is 7.05. The highest BCUT2D eigenvalue weighted by Crippen LogP contribution is 2.50. The summed E-state index contributed by atoms with van der Waals surface area (Å²) in [7, 11) is 0. The number of aromatic amines is 1. The van der Waals surface area contributed by atoms with Gasteiger partial charge in [0.25, 0.3) is 5.92 Å². The lowest BCUT2D eigenvalue weighted by Crippen LogP contribution is -2.25. The summed E-state index contributed by atoms with van der Waals surface area (Å²) < 4.78 is 69.0. The largest absolute Gasteiger partial charge is 0.435 e. The van der Waals surface area contributed by atoms with E-state index in [4.69, 9.17) is 5.73 Å². The molecular weight excluding hydrogens is 393 g/mol. The van der Waals surface area contributed by atoms with Crippen LogP contribution in [0.5, 0.6) is 0 Å². The Morgan fingerprint density at radius 2 is 1.90 bits per heavy atom. The van der Waals surface area contributed by atoms with Crippen molar-refractivity contribution in [2.24, 2.45) is 5.73 Å². The Morgan fingerprint density at radius 3 is 2.48 bits per heavy atom. The number of nitrogens with two attached hydrogens (primary N) is 1. The molecule has 1 saturated carbocycles. The van der Waals surface area contributed by atoms with E-state index in [2.05, 4.69) is 21.3 Å². The van der Waals surface area contributed by atoms with Gasteiger partial charge in [-0.3, -0.25) is 5.10 Å². The van der Waals surface area contributed by atoms with E-state index in [1.54, 1.807) is 0 Å². The minimum absolute atomic E-state index is 0.0423. The van der Waals surface area contributed by atoms with Gasteiger partial charge in [-0.05, 0) is 53.8 Å². The molecule has 150 valence electrons. The van der Waals surface area contributed by atoms with Crippen molar-refractivity contribution < 1.29 is 22.0 Å². The number of aromatic nitrogens is 3. The zero-order valence-electron chi connectivity index (χ0n) is 14.8. The molecule has 0 amide bonds. The molecule has 0 radical (unpaired) electrons. The van der Waals surface area contributed by atoms with Crippen molar-refractivity contribution in [1.29, 1.82) is 5.26 Å². The van der Waals surface area contributed by atoms with E-state index in [-0.39, 0.29) is 22.2 Å². The van der Waals surface area contributed by atoms with Crippen molar-refractivity contribution in [3.63, 3.8) is 0 Å². The molecule has 3 N–H and O–H groups in total. The third-order valence-electron chi connectivity index (χ3n) is 5.17. The van der Waals surface area contributed by atoms with Crippen molar-refractivity contribution in [2.75, 3.05) is 6.54 Å². The van der Waals surface area contributed by atoms with Gasteiger partial charge in [-0.25, -0.2) is 4.98 Å². The Morgan fingerprint density at radius 1 is 1.17 bits per heavy atom.